The standard InChI is InChI=1S/C16H21N3O2/c1-11-6-8-12(9-7-11)21-15(20)10-19-14-5-3-2-4-13(14)18-16(19)17/h2-5,11-12H,6-10H2,1H3,(H2,17,18). The molecule has 21 heavy (non-hydrogen) atoms. The number of nitrogen functional groups attached to an aromatic ring is 1. The Morgan fingerprint density at radius 2 is 2.05 bits per heavy atom. The maximum atomic E-state index is 12.1. The lowest BCUT2D eigenvalue weighted by Gasteiger charge is -2.26. The maximum absolute atomic E-state index is 12.1. The van der Waals surface area contributed by atoms with Gasteiger partial charge in [-0.15, -0.1) is 0 Å². The molecule has 2 aromatic rings. The summed E-state index contributed by atoms with van der Waals surface area (Å²) >= 11 is 0. The maximum Gasteiger partial charge on any atom is 0.326 e. The van der Waals surface area contributed by atoms with Gasteiger partial charge in [0.1, 0.15) is 12.6 Å². The number of nitrogens with zero attached hydrogens (tertiary/aromatic N) is 2. The highest BCUT2D eigenvalue weighted by molar-refractivity contribution is 5.81. The summed E-state index contributed by atoms with van der Waals surface area (Å²) in [5.74, 6) is 0.864. The van der Waals surface area contributed by atoms with Crippen molar-refractivity contribution in [3.8, 4) is 0 Å². The van der Waals surface area contributed by atoms with Crippen LogP contribution in [-0.2, 0) is 16.1 Å². The Morgan fingerprint density at radius 1 is 1.33 bits per heavy atom. The predicted molar refractivity (Wildman–Crippen MR) is 81.7 cm³/mol. The van der Waals surface area contributed by atoms with E-state index in [1.165, 1.54) is 0 Å². The summed E-state index contributed by atoms with van der Waals surface area (Å²) in [4.78, 5) is 16.4. The first-order valence-corrected chi connectivity index (χ1v) is 7.53. The second-order valence-electron chi connectivity index (χ2n) is 5.92. The molecule has 0 amide bonds. The van der Waals surface area contributed by atoms with E-state index < -0.39 is 0 Å². The first-order chi connectivity index (χ1) is 10.1. The van der Waals surface area contributed by atoms with Gasteiger partial charge in [0.2, 0.25) is 5.95 Å². The Bertz CT molecular complexity index is 642. The van der Waals surface area contributed by atoms with Crippen molar-refractivity contribution in [3.63, 3.8) is 0 Å². The number of aromatic nitrogens is 2. The average Bonchev–Trinajstić information content (AvgIpc) is 2.78. The smallest absolute Gasteiger partial charge is 0.326 e. The molecule has 5 heteroatoms. The third-order valence-electron chi connectivity index (χ3n) is 4.23. The number of esters is 1. The number of anilines is 1. The summed E-state index contributed by atoms with van der Waals surface area (Å²) in [6.07, 6.45) is 4.26. The van der Waals surface area contributed by atoms with Crippen molar-refractivity contribution in [1.82, 2.24) is 9.55 Å². The van der Waals surface area contributed by atoms with Crippen molar-refractivity contribution in [2.75, 3.05) is 5.73 Å². The van der Waals surface area contributed by atoms with Crippen LogP contribution >= 0.6 is 0 Å². The Labute approximate surface area is 124 Å². The van der Waals surface area contributed by atoms with Crippen molar-refractivity contribution in [3.05, 3.63) is 24.3 Å². The van der Waals surface area contributed by atoms with Gasteiger partial charge in [0.15, 0.2) is 0 Å². The van der Waals surface area contributed by atoms with Gasteiger partial charge in [-0.25, -0.2) is 4.98 Å². The molecule has 1 aliphatic carbocycles. The number of para-hydroxylation sites is 2. The zero-order valence-corrected chi connectivity index (χ0v) is 12.3. The summed E-state index contributed by atoms with van der Waals surface area (Å²) in [5, 5.41) is 0. The molecule has 1 aromatic carbocycles. The molecular formula is C16H21N3O2. The van der Waals surface area contributed by atoms with Gasteiger partial charge >= 0.3 is 5.97 Å². The summed E-state index contributed by atoms with van der Waals surface area (Å²) in [6, 6.07) is 7.61. The van der Waals surface area contributed by atoms with Gasteiger partial charge in [-0.2, -0.15) is 0 Å². The Hall–Kier alpha value is -2.04. The number of nitrogens with two attached hydrogens (primary N) is 1. The molecule has 0 radical (unpaired) electrons. The van der Waals surface area contributed by atoms with E-state index in [0.717, 1.165) is 42.6 Å². The molecule has 3 rings (SSSR count). The number of rotatable bonds is 3. The summed E-state index contributed by atoms with van der Waals surface area (Å²) in [5.41, 5.74) is 7.56. The lowest BCUT2D eigenvalue weighted by atomic mass is 9.89. The quantitative estimate of drug-likeness (QED) is 0.881. The first-order valence-electron chi connectivity index (χ1n) is 7.53. The van der Waals surface area contributed by atoms with E-state index in [1.807, 2.05) is 24.3 Å². The fourth-order valence-electron chi connectivity index (χ4n) is 2.96. The highest BCUT2D eigenvalue weighted by Gasteiger charge is 2.22. The molecule has 1 saturated carbocycles. The Balaban J connectivity index is 1.67. The molecule has 0 atom stereocenters. The Kier molecular flexibility index (Phi) is 3.82. The topological polar surface area (TPSA) is 70.1 Å². The minimum atomic E-state index is -0.232. The van der Waals surface area contributed by atoms with E-state index >= 15 is 0 Å². The average molecular weight is 287 g/mol. The van der Waals surface area contributed by atoms with Crippen LogP contribution in [0.5, 0.6) is 0 Å². The second-order valence-corrected chi connectivity index (χ2v) is 5.92. The van der Waals surface area contributed by atoms with E-state index in [2.05, 4.69) is 11.9 Å². The normalized spacial score (nSPS) is 22.3. The highest BCUT2D eigenvalue weighted by atomic mass is 16.5. The van der Waals surface area contributed by atoms with Crippen LogP contribution in [0.2, 0.25) is 0 Å². The van der Waals surface area contributed by atoms with Crippen LogP contribution in [0.15, 0.2) is 24.3 Å². The third kappa shape index (κ3) is 3.01. The van der Waals surface area contributed by atoms with Gasteiger partial charge in [-0.05, 0) is 43.7 Å². The van der Waals surface area contributed by atoms with Crippen molar-refractivity contribution >= 4 is 23.0 Å². The molecule has 0 saturated heterocycles. The number of ether oxygens (including phenoxy) is 1. The zero-order valence-electron chi connectivity index (χ0n) is 12.3. The van der Waals surface area contributed by atoms with Gasteiger partial charge in [-0.1, -0.05) is 19.1 Å². The van der Waals surface area contributed by atoms with Crippen LogP contribution in [0, 0.1) is 5.92 Å². The molecule has 0 spiro atoms. The van der Waals surface area contributed by atoms with Crippen molar-refractivity contribution < 1.29 is 9.53 Å². The van der Waals surface area contributed by atoms with Crippen LogP contribution in [0.3, 0.4) is 0 Å². The molecule has 0 bridgehead atoms. The number of imidazole rings is 1. The number of carbonyl (C=O) groups excluding carboxylic acids is 1. The third-order valence-corrected chi connectivity index (χ3v) is 4.23. The van der Waals surface area contributed by atoms with E-state index in [0.29, 0.717) is 5.95 Å². The molecular weight excluding hydrogens is 266 g/mol. The minimum absolute atomic E-state index is 0.0599. The van der Waals surface area contributed by atoms with Gasteiger partial charge in [0.05, 0.1) is 11.0 Å². The number of carbonyl (C=O) groups is 1. The SMILES string of the molecule is CC1CCC(OC(=O)Cn2c(N)nc3ccccc32)CC1. The van der Waals surface area contributed by atoms with Crippen LogP contribution in [0.4, 0.5) is 5.95 Å². The van der Waals surface area contributed by atoms with Crippen LogP contribution < -0.4 is 5.73 Å². The molecule has 0 unspecified atom stereocenters. The van der Waals surface area contributed by atoms with E-state index in [9.17, 15) is 4.79 Å². The van der Waals surface area contributed by atoms with Gasteiger partial charge in [-0.3, -0.25) is 9.36 Å². The molecule has 112 valence electrons. The van der Waals surface area contributed by atoms with E-state index in [4.69, 9.17) is 10.5 Å². The number of hydrogen-bond donors (Lipinski definition) is 1. The van der Waals surface area contributed by atoms with Crippen molar-refractivity contribution in [2.45, 2.75) is 45.3 Å². The van der Waals surface area contributed by atoms with Crippen molar-refractivity contribution in [2.24, 2.45) is 5.92 Å². The zero-order chi connectivity index (χ0) is 14.8. The van der Waals surface area contributed by atoms with Crippen LogP contribution in [-0.4, -0.2) is 21.6 Å². The summed E-state index contributed by atoms with van der Waals surface area (Å²) in [6.45, 7) is 2.37. The monoisotopic (exact) mass is 287 g/mol. The van der Waals surface area contributed by atoms with Crippen molar-refractivity contribution in [1.29, 1.82) is 0 Å². The van der Waals surface area contributed by atoms with Gasteiger partial charge in [0.25, 0.3) is 0 Å². The molecule has 1 fully saturated rings. The fraction of sp³-hybridized carbons (Fsp3) is 0.500. The van der Waals surface area contributed by atoms with Gasteiger partial charge in [0, 0.05) is 0 Å². The molecule has 0 aliphatic heterocycles. The molecule has 1 aromatic heterocycles. The number of fused-ring (bicyclic) bond motifs is 1. The largest absolute Gasteiger partial charge is 0.461 e. The van der Waals surface area contributed by atoms with Gasteiger partial charge < -0.3 is 10.5 Å². The Morgan fingerprint density at radius 3 is 2.81 bits per heavy atom. The lowest BCUT2D eigenvalue weighted by molar-refractivity contribution is -0.151. The van der Waals surface area contributed by atoms with Crippen LogP contribution in [0.25, 0.3) is 11.0 Å². The van der Waals surface area contributed by atoms with E-state index in [1.54, 1.807) is 4.57 Å². The first kappa shape index (κ1) is 13.9. The van der Waals surface area contributed by atoms with Crippen LogP contribution in [0.1, 0.15) is 32.6 Å². The second kappa shape index (κ2) is 5.76. The minimum Gasteiger partial charge on any atom is -0.461 e. The number of benzene rings is 1. The lowest BCUT2D eigenvalue weighted by Crippen LogP contribution is -2.26. The fourth-order valence-corrected chi connectivity index (χ4v) is 2.96. The summed E-state index contributed by atoms with van der Waals surface area (Å²) < 4.78 is 7.29. The molecule has 5 nitrogen and oxygen atoms in total. The van der Waals surface area contributed by atoms with E-state index in [-0.39, 0.29) is 18.6 Å². The molecule has 1 heterocycles. The predicted octanol–water partition coefficient (Wildman–Crippen LogP) is 2.74. The highest BCUT2D eigenvalue weighted by Crippen LogP contribution is 2.26. The molecule has 2 N–H and O–H groups in total. The summed E-state index contributed by atoms with van der Waals surface area (Å²) in [7, 11) is 0. The number of hydrogen-bond acceptors (Lipinski definition) is 4. The molecule has 1 aliphatic rings.